The molecule has 4 atom stereocenters. The minimum absolute atomic E-state index is 0.0309. The van der Waals surface area contributed by atoms with Crippen LogP contribution >= 0.6 is 0 Å². The maximum absolute atomic E-state index is 15.7. The van der Waals surface area contributed by atoms with E-state index in [0.29, 0.717) is 49.0 Å². The highest BCUT2D eigenvalue weighted by atomic mass is 19.1. The van der Waals surface area contributed by atoms with Crippen LogP contribution < -0.4 is 16.0 Å². The van der Waals surface area contributed by atoms with Crippen LogP contribution in [0.2, 0.25) is 0 Å². The molecule has 262 valence electrons. The topological polar surface area (TPSA) is 150 Å². The number of hydrogen-bond acceptors (Lipinski definition) is 8. The van der Waals surface area contributed by atoms with Crippen molar-refractivity contribution in [1.82, 2.24) is 30.7 Å². The van der Waals surface area contributed by atoms with Gasteiger partial charge in [0.25, 0.3) is 5.91 Å². The van der Waals surface area contributed by atoms with Crippen molar-refractivity contribution >= 4 is 29.3 Å². The number of aryl methyl sites for hydroxylation is 1. The average molecular weight is 668 g/mol. The molecule has 5 rings (SSSR count). The quantitative estimate of drug-likeness (QED) is 0.309. The average Bonchev–Trinajstić information content (AvgIpc) is 3.75. The Labute approximate surface area is 281 Å². The van der Waals surface area contributed by atoms with Crippen molar-refractivity contribution in [3.63, 3.8) is 0 Å². The van der Waals surface area contributed by atoms with E-state index in [4.69, 9.17) is 4.63 Å². The fraction of sp³-hybridized carbons (Fsp3) is 0.657. The molecule has 48 heavy (non-hydrogen) atoms. The summed E-state index contributed by atoms with van der Waals surface area (Å²) in [5.74, 6) is -1.92. The first-order valence-electron chi connectivity index (χ1n) is 17.5. The second-order valence-corrected chi connectivity index (χ2v) is 14.2. The number of nitrogens with zero attached hydrogens (tertiary/aromatic N) is 4. The Kier molecular flexibility index (Phi) is 11.5. The summed E-state index contributed by atoms with van der Waals surface area (Å²) in [6.07, 6.45) is 6.15. The third-order valence-corrected chi connectivity index (χ3v) is 10.5. The molecule has 1 aromatic heterocycles. The van der Waals surface area contributed by atoms with Gasteiger partial charge in [0.15, 0.2) is 5.69 Å². The first kappa shape index (κ1) is 35.4. The van der Waals surface area contributed by atoms with Crippen LogP contribution in [-0.4, -0.2) is 88.5 Å². The van der Waals surface area contributed by atoms with E-state index in [2.05, 4.69) is 45.0 Å². The van der Waals surface area contributed by atoms with Gasteiger partial charge in [-0.25, -0.2) is 9.02 Å². The summed E-state index contributed by atoms with van der Waals surface area (Å²) in [7, 11) is 2.02. The molecule has 2 aliphatic carbocycles. The summed E-state index contributed by atoms with van der Waals surface area (Å²) in [5.41, 5.74) is 0.908. The molecule has 0 radical (unpaired) electrons. The molecule has 0 bridgehead atoms. The number of benzene rings is 1. The first-order chi connectivity index (χ1) is 22.9. The third kappa shape index (κ3) is 8.58. The van der Waals surface area contributed by atoms with Gasteiger partial charge in [-0.15, -0.1) is 0 Å². The summed E-state index contributed by atoms with van der Waals surface area (Å²) in [4.78, 5) is 57.6. The normalized spacial score (nSPS) is 23.5. The number of carbonyl (C=O) groups excluding carboxylic acids is 4. The number of halogens is 1. The molecule has 3 aliphatic rings. The Balaban J connectivity index is 1.32. The van der Waals surface area contributed by atoms with E-state index in [1.165, 1.54) is 12.1 Å². The minimum Gasteiger partial charge on any atom is -0.344 e. The van der Waals surface area contributed by atoms with Crippen molar-refractivity contribution in [1.29, 1.82) is 0 Å². The van der Waals surface area contributed by atoms with Crippen molar-refractivity contribution < 1.29 is 28.2 Å². The predicted octanol–water partition coefficient (Wildman–Crippen LogP) is 3.89. The number of piperazine rings is 1. The second-order valence-electron chi connectivity index (χ2n) is 14.2. The molecular formula is C35H50FN7O5. The highest BCUT2D eigenvalue weighted by Crippen LogP contribution is 2.33. The van der Waals surface area contributed by atoms with Crippen LogP contribution in [0.25, 0.3) is 0 Å². The van der Waals surface area contributed by atoms with Gasteiger partial charge in [0.1, 0.15) is 23.6 Å². The Morgan fingerprint density at radius 1 is 1.02 bits per heavy atom. The highest BCUT2D eigenvalue weighted by molar-refractivity contribution is 6.01. The molecule has 2 saturated carbocycles. The Morgan fingerprint density at radius 3 is 2.40 bits per heavy atom. The van der Waals surface area contributed by atoms with Gasteiger partial charge in [-0.3, -0.25) is 19.2 Å². The smallest absolute Gasteiger partial charge is 0.276 e. The molecule has 2 aromatic rings. The van der Waals surface area contributed by atoms with Gasteiger partial charge < -0.3 is 25.8 Å². The number of amides is 4. The van der Waals surface area contributed by atoms with Crippen molar-refractivity contribution in [2.24, 2.45) is 17.8 Å². The molecule has 1 aliphatic heterocycles. The molecular weight excluding hydrogens is 617 g/mol. The summed E-state index contributed by atoms with van der Waals surface area (Å²) >= 11 is 0. The van der Waals surface area contributed by atoms with Gasteiger partial charge in [-0.1, -0.05) is 44.8 Å². The zero-order chi connectivity index (χ0) is 34.5. The van der Waals surface area contributed by atoms with Gasteiger partial charge in [-0.05, 0) is 86.7 Å². The van der Waals surface area contributed by atoms with Crippen molar-refractivity contribution in [2.75, 3.05) is 32.0 Å². The second kappa shape index (κ2) is 15.6. The lowest BCUT2D eigenvalue weighted by Crippen LogP contribution is -2.58. The summed E-state index contributed by atoms with van der Waals surface area (Å²) < 4.78 is 20.5. The first-order valence-corrected chi connectivity index (χ1v) is 17.5. The number of anilines is 1. The molecule has 1 saturated heterocycles. The number of rotatable bonds is 12. The number of likely N-dealkylation sites (N-methyl/N-ethyl adjacent to an activating group) is 1. The lowest BCUT2D eigenvalue weighted by atomic mass is 9.79. The van der Waals surface area contributed by atoms with E-state index in [1.807, 2.05) is 20.9 Å². The molecule has 4 amide bonds. The van der Waals surface area contributed by atoms with Crippen LogP contribution in [-0.2, 0) is 20.8 Å². The van der Waals surface area contributed by atoms with E-state index >= 15 is 4.39 Å². The van der Waals surface area contributed by atoms with E-state index in [9.17, 15) is 19.2 Å². The number of aromatic nitrogens is 2. The van der Waals surface area contributed by atoms with Crippen molar-refractivity contribution in [2.45, 2.75) is 103 Å². The Hall–Kier alpha value is -3.87. The molecule has 13 heteroatoms. The van der Waals surface area contributed by atoms with E-state index in [0.717, 1.165) is 45.1 Å². The largest absolute Gasteiger partial charge is 0.344 e. The molecule has 12 nitrogen and oxygen atoms in total. The number of carbonyl (C=O) groups is 4. The maximum Gasteiger partial charge on any atom is 0.276 e. The fourth-order valence-electron chi connectivity index (χ4n) is 6.82. The molecule has 2 heterocycles. The van der Waals surface area contributed by atoms with Crippen LogP contribution in [0.15, 0.2) is 22.8 Å². The number of hydrogen-bond donors (Lipinski definition) is 3. The fourth-order valence-corrected chi connectivity index (χ4v) is 6.82. The van der Waals surface area contributed by atoms with Gasteiger partial charge in [0.05, 0.1) is 5.69 Å². The Morgan fingerprint density at radius 2 is 1.75 bits per heavy atom. The van der Waals surface area contributed by atoms with Crippen LogP contribution in [0.3, 0.4) is 0 Å². The molecule has 0 spiro atoms. The zero-order valence-electron chi connectivity index (χ0n) is 28.8. The zero-order valence-corrected chi connectivity index (χ0v) is 28.8. The summed E-state index contributed by atoms with van der Waals surface area (Å²) in [6.45, 7) is 9.67. The van der Waals surface area contributed by atoms with Crippen LogP contribution in [0.5, 0.6) is 0 Å². The van der Waals surface area contributed by atoms with E-state index < -0.39 is 35.6 Å². The molecule has 3 fully saturated rings. The van der Waals surface area contributed by atoms with E-state index in [-0.39, 0.29) is 35.2 Å². The molecule has 0 unspecified atom stereocenters. The third-order valence-electron chi connectivity index (χ3n) is 10.5. The lowest BCUT2D eigenvalue weighted by Gasteiger charge is -2.40. The lowest BCUT2D eigenvalue weighted by molar-refractivity contribution is -0.139. The maximum atomic E-state index is 15.7. The summed E-state index contributed by atoms with van der Waals surface area (Å²) in [5, 5.41) is 16.0. The van der Waals surface area contributed by atoms with Gasteiger partial charge >= 0.3 is 0 Å². The van der Waals surface area contributed by atoms with Crippen molar-refractivity contribution in [3.8, 4) is 0 Å². The Bertz CT molecular complexity index is 1470. The molecule has 1 aromatic carbocycles. The van der Waals surface area contributed by atoms with Crippen LogP contribution in [0, 0.1) is 23.6 Å². The predicted molar refractivity (Wildman–Crippen MR) is 177 cm³/mol. The minimum atomic E-state index is -0.918. The SMILES string of the molecule is CCc1nonc1C(=O)N[C@H](C(=O)Nc1ccc([C@H](C)[C@@H](NC(=O)CC2CC2)C(=O)N2CCN(C)[C@H](C)C2)cc1F)C1CCC(C)CC1. The highest BCUT2D eigenvalue weighted by Gasteiger charge is 2.37. The van der Waals surface area contributed by atoms with Gasteiger partial charge in [0.2, 0.25) is 17.7 Å². The van der Waals surface area contributed by atoms with Crippen LogP contribution in [0.4, 0.5) is 10.1 Å². The monoisotopic (exact) mass is 667 g/mol. The van der Waals surface area contributed by atoms with Crippen molar-refractivity contribution in [3.05, 3.63) is 41.0 Å². The number of nitrogens with one attached hydrogen (secondary N) is 3. The van der Waals surface area contributed by atoms with Gasteiger partial charge in [-0.2, -0.15) is 0 Å². The standard InChI is InChI=1S/C35H50FN7O5/c1-6-27-32(41-48-40-27)34(46)39-31(24-11-7-20(2)8-12-24)33(45)37-28-14-13-25(18-26(28)36)22(4)30(38-29(44)17-23-9-10-23)35(47)43-16-15-42(5)21(3)19-43/h13-14,18,20-24,30-31H,6-12,15-17,19H2,1-5H3,(H,37,45)(H,38,44)(H,39,46)/t20?,21-,22+,24?,30-,31+/m1/s1. The van der Waals surface area contributed by atoms with Crippen LogP contribution in [0.1, 0.15) is 100 Å². The summed E-state index contributed by atoms with van der Waals surface area (Å²) in [6, 6.07) is 2.85. The van der Waals surface area contributed by atoms with E-state index in [1.54, 1.807) is 11.0 Å². The molecule has 3 N–H and O–H groups in total. The van der Waals surface area contributed by atoms with Gasteiger partial charge in [0, 0.05) is 38.0 Å².